The number of hydrogen-bond acceptors (Lipinski definition) is 3. The van der Waals surface area contributed by atoms with Gasteiger partial charge in [-0.05, 0) is 13.0 Å². The molecule has 1 unspecified atom stereocenters. The summed E-state index contributed by atoms with van der Waals surface area (Å²) in [5.74, 6) is 0. The molecule has 0 saturated carbocycles. The molecule has 1 atom stereocenters. The van der Waals surface area contributed by atoms with Crippen molar-refractivity contribution >= 4 is 5.69 Å². The largest absolute Gasteiger partial charge is 0.383 e. The molecule has 0 aromatic carbocycles. The van der Waals surface area contributed by atoms with Gasteiger partial charge in [0.1, 0.15) is 0 Å². The van der Waals surface area contributed by atoms with Crippen LogP contribution in [-0.2, 0) is 7.05 Å². The van der Waals surface area contributed by atoms with E-state index in [2.05, 4.69) is 5.32 Å². The summed E-state index contributed by atoms with van der Waals surface area (Å²) < 4.78 is 1.52. The highest BCUT2D eigenvalue weighted by molar-refractivity contribution is 5.41. The van der Waals surface area contributed by atoms with Gasteiger partial charge in [0.25, 0.3) is 5.56 Å². The summed E-state index contributed by atoms with van der Waals surface area (Å²) in [6.07, 6.45) is 1.73. The SMILES string of the molecule is CC(N)CNc1ccn(C)c(=O)c1. The van der Waals surface area contributed by atoms with Gasteiger partial charge in [0.05, 0.1) is 0 Å². The van der Waals surface area contributed by atoms with Crippen molar-refractivity contribution in [3.05, 3.63) is 28.7 Å². The molecular weight excluding hydrogens is 166 g/mol. The molecule has 1 aromatic rings. The van der Waals surface area contributed by atoms with Crippen molar-refractivity contribution in [1.29, 1.82) is 0 Å². The fraction of sp³-hybridized carbons (Fsp3) is 0.444. The molecule has 0 radical (unpaired) electrons. The van der Waals surface area contributed by atoms with Crippen LogP contribution in [0.2, 0.25) is 0 Å². The van der Waals surface area contributed by atoms with Crippen molar-refractivity contribution in [3.63, 3.8) is 0 Å². The molecule has 72 valence electrons. The number of nitrogens with two attached hydrogens (primary N) is 1. The molecule has 4 nitrogen and oxygen atoms in total. The average molecular weight is 181 g/mol. The summed E-state index contributed by atoms with van der Waals surface area (Å²) in [7, 11) is 1.72. The quantitative estimate of drug-likeness (QED) is 0.697. The monoisotopic (exact) mass is 181 g/mol. The lowest BCUT2D eigenvalue weighted by Gasteiger charge is -2.08. The van der Waals surface area contributed by atoms with Crippen molar-refractivity contribution in [3.8, 4) is 0 Å². The van der Waals surface area contributed by atoms with Gasteiger partial charge in [0.2, 0.25) is 0 Å². The van der Waals surface area contributed by atoms with Gasteiger partial charge in [-0.3, -0.25) is 4.79 Å². The fourth-order valence-corrected chi connectivity index (χ4v) is 0.937. The highest BCUT2D eigenvalue weighted by Gasteiger charge is 1.96. The van der Waals surface area contributed by atoms with E-state index in [1.54, 1.807) is 19.3 Å². The lowest BCUT2D eigenvalue weighted by atomic mass is 10.3. The molecule has 1 aromatic heterocycles. The predicted molar refractivity (Wildman–Crippen MR) is 53.8 cm³/mol. The van der Waals surface area contributed by atoms with Gasteiger partial charge in [-0.15, -0.1) is 0 Å². The molecule has 0 aliphatic carbocycles. The molecule has 13 heavy (non-hydrogen) atoms. The Hall–Kier alpha value is -1.29. The van der Waals surface area contributed by atoms with Crippen LogP contribution in [0.3, 0.4) is 0 Å². The van der Waals surface area contributed by atoms with Gasteiger partial charge in [-0.25, -0.2) is 0 Å². The molecule has 1 heterocycles. The minimum atomic E-state index is -0.0188. The molecule has 4 heteroatoms. The van der Waals surface area contributed by atoms with Crippen molar-refractivity contribution < 1.29 is 0 Å². The van der Waals surface area contributed by atoms with Gasteiger partial charge < -0.3 is 15.6 Å². The highest BCUT2D eigenvalue weighted by atomic mass is 16.1. The third kappa shape index (κ3) is 2.91. The van der Waals surface area contributed by atoms with E-state index < -0.39 is 0 Å². The van der Waals surface area contributed by atoms with Crippen LogP contribution in [0.1, 0.15) is 6.92 Å². The maximum Gasteiger partial charge on any atom is 0.252 e. The number of pyridine rings is 1. The fourth-order valence-electron chi connectivity index (χ4n) is 0.937. The zero-order chi connectivity index (χ0) is 9.84. The Kier molecular flexibility index (Phi) is 3.08. The normalized spacial score (nSPS) is 12.5. The zero-order valence-corrected chi connectivity index (χ0v) is 7.95. The minimum Gasteiger partial charge on any atom is -0.383 e. The lowest BCUT2D eigenvalue weighted by molar-refractivity contribution is 0.778. The topological polar surface area (TPSA) is 60.0 Å². The summed E-state index contributed by atoms with van der Waals surface area (Å²) in [5.41, 5.74) is 6.36. The smallest absolute Gasteiger partial charge is 0.252 e. The zero-order valence-electron chi connectivity index (χ0n) is 7.95. The Morgan fingerprint density at radius 1 is 1.69 bits per heavy atom. The summed E-state index contributed by atoms with van der Waals surface area (Å²) in [6, 6.07) is 3.50. The van der Waals surface area contributed by atoms with Crippen LogP contribution in [0.4, 0.5) is 5.69 Å². The predicted octanol–water partition coefficient (Wildman–Crippen LogP) is 0.144. The number of anilines is 1. The summed E-state index contributed by atoms with van der Waals surface area (Å²) >= 11 is 0. The van der Waals surface area contributed by atoms with Gasteiger partial charge in [-0.2, -0.15) is 0 Å². The molecule has 0 spiro atoms. The number of rotatable bonds is 3. The lowest BCUT2D eigenvalue weighted by Crippen LogP contribution is -2.26. The Balaban J connectivity index is 2.69. The second-order valence-corrected chi connectivity index (χ2v) is 3.22. The maximum atomic E-state index is 11.2. The first-order chi connectivity index (χ1) is 6.09. The van der Waals surface area contributed by atoms with Crippen molar-refractivity contribution in [1.82, 2.24) is 4.57 Å². The first-order valence-electron chi connectivity index (χ1n) is 4.25. The number of nitrogens with one attached hydrogen (secondary N) is 1. The number of hydrogen-bond donors (Lipinski definition) is 2. The second-order valence-electron chi connectivity index (χ2n) is 3.22. The van der Waals surface area contributed by atoms with Gasteiger partial charge >= 0.3 is 0 Å². The van der Waals surface area contributed by atoms with E-state index in [-0.39, 0.29) is 11.6 Å². The van der Waals surface area contributed by atoms with Gasteiger partial charge in [0, 0.05) is 37.6 Å². The summed E-state index contributed by atoms with van der Waals surface area (Å²) in [4.78, 5) is 11.2. The Labute approximate surface area is 77.4 Å². The number of aromatic nitrogens is 1. The molecule has 0 aliphatic heterocycles. The van der Waals surface area contributed by atoms with Crippen LogP contribution in [0.25, 0.3) is 0 Å². The van der Waals surface area contributed by atoms with Crippen molar-refractivity contribution in [2.24, 2.45) is 12.8 Å². The molecule has 3 N–H and O–H groups in total. The second kappa shape index (κ2) is 4.09. The molecule has 0 fully saturated rings. The van der Waals surface area contributed by atoms with Crippen molar-refractivity contribution in [2.45, 2.75) is 13.0 Å². The molecule has 0 bridgehead atoms. The van der Waals surface area contributed by atoms with Crippen LogP contribution >= 0.6 is 0 Å². The van der Waals surface area contributed by atoms with Crippen molar-refractivity contribution in [2.75, 3.05) is 11.9 Å². The number of aryl methyl sites for hydroxylation is 1. The minimum absolute atomic E-state index is 0.0188. The van der Waals surface area contributed by atoms with E-state index in [0.717, 1.165) is 5.69 Å². The maximum absolute atomic E-state index is 11.2. The molecule has 0 aliphatic rings. The van der Waals surface area contributed by atoms with E-state index in [1.165, 1.54) is 4.57 Å². The van der Waals surface area contributed by atoms with E-state index in [1.807, 2.05) is 13.0 Å². The molecular formula is C9H15N3O. The molecule has 0 saturated heterocycles. The third-order valence-corrected chi connectivity index (χ3v) is 1.73. The standard InChI is InChI=1S/C9H15N3O/c1-7(10)6-11-8-3-4-12(2)9(13)5-8/h3-5,7,11H,6,10H2,1-2H3. The van der Waals surface area contributed by atoms with Crippen LogP contribution in [0.15, 0.2) is 23.1 Å². The Morgan fingerprint density at radius 3 is 2.92 bits per heavy atom. The first-order valence-corrected chi connectivity index (χ1v) is 4.25. The Morgan fingerprint density at radius 2 is 2.38 bits per heavy atom. The average Bonchev–Trinajstić information content (AvgIpc) is 2.07. The Bertz CT molecular complexity index is 330. The molecule has 0 amide bonds. The summed E-state index contributed by atoms with van der Waals surface area (Å²) in [6.45, 7) is 2.58. The highest BCUT2D eigenvalue weighted by Crippen LogP contribution is 2.00. The summed E-state index contributed by atoms with van der Waals surface area (Å²) in [5, 5.41) is 3.07. The first kappa shape index (κ1) is 9.80. The number of nitrogens with zero attached hydrogens (tertiary/aromatic N) is 1. The van der Waals surface area contributed by atoms with Crippen LogP contribution in [0.5, 0.6) is 0 Å². The third-order valence-electron chi connectivity index (χ3n) is 1.73. The van der Waals surface area contributed by atoms with E-state index in [0.29, 0.717) is 6.54 Å². The molecule has 1 rings (SSSR count). The van der Waals surface area contributed by atoms with Gasteiger partial charge in [0.15, 0.2) is 0 Å². The van der Waals surface area contributed by atoms with Crippen LogP contribution in [0, 0.1) is 0 Å². The van der Waals surface area contributed by atoms with E-state index >= 15 is 0 Å². The van der Waals surface area contributed by atoms with E-state index in [9.17, 15) is 4.79 Å². The van der Waals surface area contributed by atoms with Crippen LogP contribution in [-0.4, -0.2) is 17.2 Å². The van der Waals surface area contributed by atoms with E-state index in [4.69, 9.17) is 5.73 Å². The van der Waals surface area contributed by atoms with Crippen LogP contribution < -0.4 is 16.6 Å². The van der Waals surface area contributed by atoms with Gasteiger partial charge in [-0.1, -0.05) is 0 Å².